The Labute approximate surface area is 126 Å². The van der Waals surface area contributed by atoms with Crippen LogP contribution in [0, 0.1) is 22.0 Å². The van der Waals surface area contributed by atoms with E-state index in [-0.39, 0.29) is 33.9 Å². The zero-order valence-electron chi connectivity index (χ0n) is 11.3. The van der Waals surface area contributed by atoms with Crippen molar-refractivity contribution < 1.29 is 9.72 Å². The van der Waals surface area contributed by atoms with Gasteiger partial charge in [0.1, 0.15) is 5.69 Å². The fraction of sp³-hybridized carbons (Fsp3) is 0.500. The van der Waals surface area contributed by atoms with Crippen LogP contribution < -0.4 is 11.1 Å². The number of carbonyl (C=O) groups is 1. The first-order chi connectivity index (χ1) is 9.97. The van der Waals surface area contributed by atoms with Gasteiger partial charge in [0.2, 0.25) is 0 Å². The molecule has 1 aromatic carbocycles. The third-order valence-electron chi connectivity index (χ3n) is 4.12. The second kappa shape index (κ2) is 5.18. The molecule has 21 heavy (non-hydrogen) atoms. The van der Waals surface area contributed by atoms with Crippen LogP contribution in [0.25, 0.3) is 0 Å². The molecular weight excluding hydrogens is 294 g/mol. The number of nitrogens with one attached hydrogen (secondary N) is 1. The summed E-state index contributed by atoms with van der Waals surface area (Å²) >= 11 is 5.88. The smallest absolute Gasteiger partial charge is 0.294 e. The van der Waals surface area contributed by atoms with Gasteiger partial charge in [-0.1, -0.05) is 11.6 Å². The lowest BCUT2D eigenvalue weighted by Gasteiger charge is -2.17. The van der Waals surface area contributed by atoms with Crippen LogP contribution in [0.3, 0.4) is 0 Å². The van der Waals surface area contributed by atoms with E-state index in [1.54, 1.807) is 0 Å². The van der Waals surface area contributed by atoms with E-state index in [9.17, 15) is 14.9 Å². The normalized spacial score (nSPS) is 17.8. The number of rotatable bonds is 5. The monoisotopic (exact) mass is 309 g/mol. The Balaban J connectivity index is 1.82. The van der Waals surface area contributed by atoms with E-state index in [0.717, 1.165) is 25.7 Å². The van der Waals surface area contributed by atoms with Gasteiger partial charge in [0.15, 0.2) is 0 Å². The van der Waals surface area contributed by atoms with Gasteiger partial charge in [-0.25, -0.2) is 0 Å². The Morgan fingerprint density at radius 3 is 2.38 bits per heavy atom. The molecule has 0 heterocycles. The number of benzene rings is 1. The summed E-state index contributed by atoms with van der Waals surface area (Å²) in [5.41, 5.74) is 5.31. The SMILES string of the molecule is Nc1c(Cl)cc(C(=O)NC(C2CC2)C2CC2)cc1[N+](=O)[O-]. The highest BCUT2D eigenvalue weighted by Crippen LogP contribution is 2.44. The molecule has 2 aliphatic carbocycles. The van der Waals surface area contributed by atoms with Gasteiger partial charge in [0.25, 0.3) is 11.6 Å². The van der Waals surface area contributed by atoms with Crippen LogP contribution in [-0.2, 0) is 0 Å². The van der Waals surface area contributed by atoms with E-state index in [0.29, 0.717) is 11.8 Å². The minimum atomic E-state index is -0.628. The van der Waals surface area contributed by atoms with Gasteiger partial charge >= 0.3 is 0 Å². The summed E-state index contributed by atoms with van der Waals surface area (Å²) < 4.78 is 0. The number of nitrogen functional groups attached to an aromatic ring is 1. The van der Waals surface area contributed by atoms with E-state index >= 15 is 0 Å². The molecule has 1 amide bonds. The fourth-order valence-corrected chi connectivity index (χ4v) is 2.87. The van der Waals surface area contributed by atoms with Crippen molar-refractivity contribution in [1.82, 2.24) is 5.32 Å². The van der Waals surface area contributed by atoms with Crippen molar-refractivity contribution in [3.63, 3.8) is 0 Å². The lowest BCUT2D eigenvalue weighted by Crippen LogP contribution is -2.38. The zero-order chi connectivity index (χ0) is 15.1. The molecule has 0 bridgehead atoms. The Hall–Kier alpha value is -1.82. The summed E-state index contributed by atoms with van der Waals surface area (Å²) in [6.07, 6.45) is 4.57. The second-order valence-electron chi connectivity index (χ2n) is 5.82. The number of amides is 1. The van der Waals surface area contributed by atoms with E-state index in [2.05, 4.69) is 5.32 Å². The van der Waals surface area contributed by atoms with E-state index in [4.69, 9.17) is 17.3 Å². The van der Waals surface area contributed by atoms with Crippen molar-refractivity contribution in [3.05, 3.63) is 32.8 Å². The van der Waals surface area contributed by atoms with Crippen LogP contribution in [0.4, 0.5) is 11.4 Å². The van der Waals surface area contributed by atoms with Crippen molar-refractivity contribution in [2.24, 2.45) is 11.8 Å². The summed E-state index contributed by atoms with van der Waals surface area (Å²) in [5, 5.41) is 14.0. The minimum Gasteiger partial charge on any atom is -0.392 e. The van der Waals surface area contributed by atoms with Gasteiger partial charge in [-0.15, -0.1) is 0 Å². The molecule has 0 aliphatic heterocycles. The molecule has 0 saturated heterocycles. The van der Waals surface area contributed by atoms with Crippen LogP contribution in [0.5, 0.6) is 0 Å². The highest BCUT2D eigenvalue weighted by Gasteiger charge is 2.42. The number of carbonyl (C=O) groups excluding carboxylic acids is 1. The number of nitrogens with zero attached hydrogens (tertiary/aromatic N) is 1. The highest BCUT2D eigenvalue weighted by atomic mass is 35.5. The predicted molar refractivity (Wildman–Crippen MR) is 79.2 cm³/mol. The molecule has 2 fully saturated rings. The molecule has 2 saturated carbocycles. The Morgan fingerprint density at radius 1 is 1.33 bits per heavy atom. The quantitative estimate of drug-likeness (QED) is 0.496. The molecule has 1 aromatic rings. The van der Waals surface area contributed by atoms with Gasteiger partial charge in [-0.05, 0) is 43.6 Å². The van der Waals surface area contributed by atoms with Crippen molar-refractivity contribution in [1.29, 1.82) is 0 Å². The van der Waals surface area contributed by atoms with Crippen LogP contribution >= 0.6 is 11.6 Å². The maximum atomic E-state index is 12.3. The third-order valence-corrected chi connectivity index (χ3v) is 4.44. The first-order valence-corrected chi connectivity index (χ1v) is 7.39. The van der Waals surface area contributed by atoms with Crippen molar-refractivity contribution in [2.45, 2.75) is 31.7 Å². The molecular formula is C14H16ClN3O3. The summed E-state index contributed by atoms with van der Waals surface area (Å²) in [6, 6.07) is 2.76. The van der Waals surface area contributed by atoms with Gasteiger partial charge in [-0.2, -0.15) is 0 Å². The maximum Gasteiger partial charge on any atom is 0.294 e. The van der Waals surface area contributed by atoms with Gasteiger partial charge in [-0.3, -0.25) is 14.9 Å². The average molecular weight is 310 g/mol. The van der Waals surface area contributed by atoms with Crippen LogP contribution in [0.1, 0.15) is 36.0 Å². The average Bonchev–Trinajstić information content (AvgIpc) is 3.30. The third kappa shape index (κ3) is 2.95. The van der Waals surface area contributed by atoms with Gasteiger partial charge in [0.05, 0.1) is 9.95 Å². The highest BCUT2D eigenvalue weighted by molar-refractivity contribution is 6.34. The van der Waals surface area contributed by atoms with Gasteiger partial charge < -0.3 is 11.1 Å². The molecule has 7 heteroatoms. The molecule has 0 spiro atoms. The Kier molecular flexibility index (Phi) is 3.49. The zero-order valence-corrected chi connectivity index (χ0v) is 12.1. The fourth-order valence-electron chi connectivity index (χ4n) is 2.65. The lowest BCUT2D eigenvalue weighted by atomic mass is 10.1. The summed E-state index contributed by atoms with van der Waals surface area (Å²) in [7, 11) is 0. The van der Waals surface area contributed by atoms with Crippen molar-refractivity contribution in [3.8, 4) is 0 Å². The number of halogens is 1. The van der Waals surface area contributed by atoms with Crippen LogP contribution in [-0.4, -0.2) is 16.9 Å². The number of hydrogen-bond acceptors (Lipinski definition) is 4. The van der Waals surface area contributed by atoms with Crippen LogP contribution in [0.2, 0.25) is 5.02 Å². The standard InChI is InChI=1S/C14H16ClN3O3/c15-10-5-9(6-11(12(10)16)18(20)21)14(19)17-13(7-1-2-7)8-3-4-8/h5-8,13H,1-4,16H2,(H,17,19). The number of hydrogen-bond donors (Lipinski definition) is 2. The Bertz CT molecular complexity index is 600. The predicted octanol–water partition coefficient (Wildman–Crippen LogP) is 2.75. The molecule has 2 aliphatic rings. The van der Waals surface area contributed by atoms with Crippen molar-refractivity contribution in [2.75, 3.05) is 5.73 Å². The topological polar surface area (TPSA) is 98.3 Å². The summed E-state index contributed by atoms with van der Waals surface area (Å²) in [5.74, 6) is 0.796. The number of nitrogens with two attached hydrogens (primary N) is 1. The maximum absolute atomic E-state index is 12.3. The molecule has 3 N–H and O–H groups in total. The van der Waals surface area contributed by atoms with Crippen LogP contribution in [0.15, 0.2) is 12.1 Å². The number of nitro groups is 1. The van der Waals surface area contributed by atoms with E-state index in [1.807, 2.05) is 0 Å². The summed E-state index contributed by atoms with van der Waals surface area (Å²) in [6.45, 7) is 0. The van der Waals surface area contributed by atoms with Gasteiger partial charge in [0, 0.05) is 17.7 Å². The van der Waals surface area contributed by atoms with E-state index < -0.39 is 4.92 Å². The molecule has 3 rings (SSSR count). The molecule has 0 atom stereocenters. The summed E-state index contributed by atoms with van der Waals surface area (Å²) in [4.78, 5) is 22.6. The lowest BCUT2D eigenvalue weighted by molar-refractivity contribution is -0.383. The van der Waals surface area contributed by atoms with E-state index in [1.165, 1.54) is 12.1 Å². The first kappa shape index (κ1) is 14.1. The molecule has 6 nitrogen and oxygen atoms in total. The second-order valence-corrected chi connectivity index (χ2v) is 6.23. The first-order valence-electron chi connectivity index (χ1n) is 7.01. The minimum absolute atomic E-state index is 0.0312. The molecule has 0 unspecified atom stereocenters. The molecule has 112 valence electrons. The molecule has 0 radical (unpaired) electrons. The largest absolute Gasteiger partial charge is 0.392 e. The number of nitro benzene ring substituents is 1. The van der Waals surface area contributed by atoms with Crippen molar-refractivity contribution >= 4 is 28.9 Å². The molecule has 0 aromatic heterocycles. The Morgan fingerprint density at radius 2 is 1.90 bits per heavy atom. The number of anilines is 1.